The van der Waals surface area contributed by atoms with E-state index >= 15 is 0 Å². The van der Waals surface area contributed by atoms with Gasteiger partial charge in [-0.05, 0) is 13.8 Å². The van der Waals surface area contributed by atoms with Crippen molar-refractivity contribution >= 4 is 5.91 Å². The van der Waals surface area contributed by atoms with E-state index in [1.54, 1.807) is 0 Å². The Morgan fingerprint density at radius 1 is 1.21 bits per heavy atom. The molecule has 14 heavy (non-hydrogen) atoms. The highest BCUT2D eigenvalue weighted by atomic mass is 16.3. The van der Waals surface area contributed by atoms with Gasteiger partial charge in [-0.25, -0.2) is 0 Å². The van der Waals surface area contributed by atoms with Crippen molar-refractivity contribution in [1.29, 1.82) is 0 Å². The molecule has 6 N–H and O–H groups in total. The standard InChI is InChI=1S/C8H18N2O4/c1-7(2,9)6(14)10-8(3-11,4-12)5-13/h11-13H,3-5,9H2,1-2H3,(H,10,14). The average Bonchev–Trinajstić information content (AvgIpc) is 2.12. The number of carbonyl (C=O) groups excluding carboxylic acids is 1. The molecular weight excluding hydrogens is 188 g/mol. The summed E-state index contributed by atoms with van der Waals surface area (Å²) in [4.78, 5) is 11.4. The van der Waals surface area contributed by atoms with Crippen LogP contribution in [0.15, 0.2) is 0 Å². The first kappa shape index (κ1) is 13.3. The lowest BCUT2D eigenvalue weighted by molar-refractivity contribution is -0.129. The van der Waals surface area contributed by atoms with Crippen LogP contribution >= 0.6 is 0 Å². The summed E-state index contributed by atoms with van der Waals surface area (Å²) < 4.78 is 0. The Morgan fingerprint density at radius 3 is 1.79 bits per heavy atom. The fourth-order valence-corrected chi connectivity index (χ4v) is 0.671. The Labute approximate surface area is 82.7 Å². The zero-order valence-corrected chi connectivity index (χ0v) is 8.45. The van der Waals surface area contributed by atoms with Crippen LogP contribution in [0.25, 0.3) is 0 Å². The molecule has 0 aromatic heterocycles. The third-order valence-electron chi connectivity index (χ3n) is 1.87. The Morgan fingerprint density at radius 2 is 1.57 bits per heavy atom. The predicted molar refractivity (Wildman–Crippen MR) is 50.4 cm³/mol. The molecule has 0 aliphatic rings. The van der Waals surface area contributed by atoms with E-state index in [9.17, 15) is 4.79 Å². The summed E-state index contributed by atoms with van der Waals surface area (Å²) in [5.74, 6) is -0.547. The van der Waals surface area contributed by atoms with Crippen molar-refractivity contribution in [2.24, 2.45) is 5.73 Å². The van der Waals surface area contributed by atoms with Crippen LogP contribution in [0.2, 0.25) is 0 Å². The molecule has 6 nitrogen and oxygen atoms in total. The smallest absolute Gasteiger partial charge is 0.240 e. The van der Waals surface area contributed by atoms with Crippen molar-refractivity contribution in [2.75, 3.05) is 19.8 Å². The van der Waals surface area contributed by atoms with E-state index in [0.29, 0.717) is 0 Å². The number of hydrogen-bond donors (Lipinski definition) is 5. The fourth-order valence-electron chi connectivity index (χ4n) is 0.671. The second-order valence-electron chi connectivity index (χ2n) is 3.93. The lowest BCUT2D eigenvalue weighted by Crippen LogP contribution is -2.62. The molecule has 0 aromatic carbocycles. The van der Waals surface area contributed by atoms with Crippen molar-refractivity contribution in [3.8, 4) is 0 Å². The average molecular weight is 206 g/mol. The van der Waals surface area contributed by atoms with Gasteiger partial charge in [0.2, 0.25) is 5.91 Å². The Kier molecular flexibility index (Phi) is 4.47. The van der Waals surface area contributed by atoms with Gasteiger partial charge in [-0.1, -0.05) is 0 Å². The van der Waals surface area contributed by atoms with Crippen LogP contribution < -0.4 is 11.1 Å². The molecule has 0 aliphatic carbocycles. The Bertz CT molecular complexity index is 188. The highest BCUT2D eigenvalue weighted by molar-refractivity contribution is 5.85. The second-order valence-corrected chi connectivity index (χ2v) is 3.93. The number of nitrogens with two attached hydrogens (primary N) is 1. The monoisotopic (exact) mass is 206 g/mol. The van der Waals surface area contributed by atoms with Crippen LogP contribution in [0.4, 0.5) is 0 Å². The topological polar surface area (TPSA) is 116 Å². The van der Waals surface area contributed by atoms with Crippen LogP contribution in [0.1, 0.15) is 13.8 Å². The SMILES string of the molecule is CC(C)(N)C(=O)NC(CO)(CO)CO. The highest BCUT2D eigenvalue weighted by Crippen LogP contribution is 2.05. The van der Waals surface area contributed by atoms with Crippen molar-refractivity contribution in [3.05, 3.63) is 0 Å². The molecule has 0 unspecified atom stereocenters. The molecule has 6 heteroatoms. The molecule has 0 bridgehead atoms. The first-order valence-corrected chi connectivity index (χ1v) is 4.25. The zero-order valence-electron chi connectivity index (χ0n) is 8.45. The largest absolute Gasteiger partial charge is 0.394 e. The van der Waals surface area contributed by atoms with Gasteiger partial charge >= 0.3 is 0 Å². The van der Waals surface area contributed by atoms with E-state index in [1.807, 2.05) is 0 Å². The molecule has 0 saturated carbocycles. The Hall–Kier alpha value is -0.690. The maximum Gasteiger partial charge on any atom is 0.240 e. The number of carbonyl (C=O) groups is 1. The van der Waals surface area contributed by atoms with E-state index in [-0.39, 0.29) is 0 Å². The molecule has 0 spiro atoms. The minimum Gasteiger partial charge on any atom is -0.394 e. The highest BCUT2D eigenvalue weighted by Gasteiger charge is 2.34. The van der Waals surface area contributed by atoms with Crippen molar-refractivity contribution in [3.63, 3.8) is 0 Å². The summed E-state index contributed by atoms with van der Waals surface area (Å²) in [5.41, 5.74) is 2.96. The zero-order chi connectivity index (χ0) is 11.4. The summed E-state index contributed by atoms with van der Waals surface area (Å²) >= 11 is 0. The minimum absolute atomic E-state index is 0.547. The van der Waals surface area contributed by atoms with Crippen LogP contribution in [-0.4, -0.2) is 52.1 Å². The molecule has 0 fully saturated rings. The number of rotatable bonds is 5. The molecule has 0 aliphatic heterocycles. The van der Waals surface area contributed by atoms with E-state index in [4.69, 9.17) is 21.1 Å². The molecular formula is C8H18N2O4. The van der Waals surface area contributed by atoms with Crippen molar-refractivity contribution in [1.82, 2.24) is 5.32 Å². The fraction of sp³-hybridized carbons (Fsp3) is 0.875. The molecule has 0 saturated heterocycles. The first-order chi connectivity index (χ1) is 6.31. The molecule has 0 aromatic rings. The van der Waals surface area contributed by atoms with E-state index in [2.05, 4.69) is 5.32 Å². The van der Waals surface area contributed by atoms with Gasteiger partial charge in [0.25, 0.3) is 0 Å². The van der Waals surface area contributed by atoms with Gasteiger partial charge in [-0.3, -0.25) is 4.79 Å². The normalized spacial score (nSPS) is 12.7. The van der Waals surface area contributed by atoms with Gasteiger partial charge in [-0.15, -0.1) is 0 Å². The van der Waals surface area contributed by atoms with Gasteiger partial charge in [-0.2, -0.15) is 0 Å². The number of amides is 1. The predicted octanol–water partition coefficient (Wildman–Crippen LogP) is -2.44. The summed E-state index contributed by atoms with van der Waals surface area (Å²) in [6.45, 7) is 1.31. The lowest BCUT2D eigenvalue weighted by Gasteiger charge is -2.31. The summed E-state index contributed by atoms with van der Waals surface area (Å²) in [7, 11) is 0. The minimum atomic E-state index is -1.41. The third-order valence-corrected chi connectivity index (χ3v) is 1.87. The first-order valence-electron chi connectivity index (χ1n) is 4.25. The van der Waals surface area contributed by atoms with Crippen LogP contribution in [-0.2, 0) is 4.79 Å². The van der Waals surface area contributed by atoms with Gasteiger partial charge in [0.05, 0.1) is 25.4 Å². The number of nitrogens with one attached hydrogen (secondary N) is 1. The lowest BCUT2D eigenvalue weighted by atomic mass is 9.99. The van der Waals surface area contributed by atoms with E-state index < -0.39 is 36.8 Å². The van der Waals surface area contributed by atoms with Crippen molar-refractivity contribution in [2.45, 2.75) is 24.9 Å². The molecule has 0 radical (unpaired) electrons. The Balaban J connectivity index is 4.54. The number of hydrogen-bond acceptors (Lipinski definition) is 5. The van der Waals surface area contributed by atoms with E-state index in [0.717, 1.165) is 0 Å². The molecule has 0 rings (SSSR count). The maximum atomic E-state index is 11.4. The molecule has 1 amide bonds. The third kappa shape index (κ3) is 3.22. The number of aliphatic hydroxyl groups is 3. The van der Waals surface area contributed by atoms with Crippen LogP contribution in [0, 0.1) is 0 Å². The van der Waals surface area contributed by atoms with Gasteiger partial charge in [0.1, 0.15) is 5.54 Å². The quantitative estimate of drug-likeness (QED) is 0.342. The van der Waals surface area contributed by atoms with Crippen molar-refractivity contribution < 1.29 is 20.1 Å². The second kappa shape index (κ2) is 4.70. The molecule has 0 heterocycles. The van der Waals surface area contributed by atoms with Gasteiger partial charge in [0, 0.05) is 0 Å². The summed E-state index contributed by atoms with van der Waals surface area (Å²) in [6, 6.07) is 0. The maximum absolute atomic E-state index is 11.4. The van der Waals surface area contributed by atoms with Gasteiger partial charge < -0.3 is 26.4 Å². The summed E-state index contributed by atoms with van der Waals surface area (Å²) in [5, 5.41) is 29.1. The van der Waals surface area contributed by atoms with Crippen LogP contribution in [0.5, 0.6) is 0 Å². The molecule has 84 valence electrons. The van der Waals surface area contributed by atoms with Gasteiger partial charge in [0.15, 0.2) is 0 Å². The molecule has 0 atom stereocenters. The van der Waals surface area contributed by atoms with Crippen LogP contribution in [0.3, 0.4) is 0 Å². The van der Waals surface area contributed by atoms with E-state index in [1.165, 1.54) is 13.8 Å². The summed E-state index contributed by atoms with van der Waals surface area (Å²) in [6.07, 6.45) is 0. The number of aliphatic hydroxyl groups excluding tert-OH is 3.